The molecule has 3 aromatic rings. The average molecular weight is 405 g/mol. The van der Waals surface area contributed by atoms with E-state index in [1.807, 2.05) is 18.2 Å². The van der Waals surface area contributed by atoms with Crippen molar-refractivity contribution in [3.63, 3.8) is 0 Å². The monoisotopic (exact) mass is 404 g/mol. The summed E-state index contributed by atoms with van der Waals surface area (Å²) in [6, 6.07) is 14.4. The van der Waals surface area contributed by atoms with Gasteiger partial charge in [0.15, 0.2) is 11.2 Å². The van der Waals surface area contributed by atoms with E-state index in [1.165, 1.54) is 5.56 Å². The molecule has 0 radical (unpaired) electrons. The predicted molar refractivity (Wildman–Crippen MR) is 114 cm³/mol. The number of benzene rings is 1. The van der Waals surface area contributed by atoms with E-state index in [1.54, 1.807) is 6.20 Å². The topological polar surface area (TPSA) is 62.5 Å². The van der Waals surface area contributed by atoms with Gasteiger partial charge in [-0.25, -0.2) is 4.98 Å². The fourth-order valence-corrected chi connectivity index (χ4v) is 5.14. The van der Waals surface area contributed by atoms with Gasteiger partial charge >= 0.3 is 0 Å². The Morgan fingerprint density at radius 3 is 2.73 bits per heavy atom. The summed E-state index contributed by atoms with van der Waals surface area (Å²) in [7, 11) is 0. The summed E-state index contributed by atoms with van der Waals surface area (Å²) in [6.07, 6.45) is 2.35. The molecule has 0 unspecified atom stereocenters. The van der Waals surface area contributed by atoms with E-state index < -0.39 is 0 Å². The molecule has 0 saturated carbocycles. The van der Waals surface area contributed by atoms with Gasteiger partial charge in [-0.15, -0.1) is 0 Å². The molecule has 1 amide bonds. The molecule has 3 atom stereocenters. The summed E-state index contributed by atoms with van der Waals surface area (Å²) in [6.45, 7) is 7.66. The summed E-state index contributed by atoms with van der Waals surface area (Å²) >= 11 is 0. The predicted octanol–water partition coefficient (Wildman–Crippen LogP) is 3.90. The molecule has 6 nitrogen and oxygen atoms in total. The number of hydrogen-bond donors (Lipinski definition) is 0. The van der Waals surface area contributed by atoms with Gasteiger partial charge in [-0.2, -0.15) is 4.98 Å². The number of fused-ring (bicyclic) bond motifs is 2. The highest BCUT2D eigenvalue weighted by atomic mass is 16.3. The summed E-state index contributed by atoms with van der Waals surface area (Å²) in [4.78, 5) is 26.4. The summed E-state index contributed by atoms with van der Waals surface area (Å²) in [5, 5.41) is 0. The van der Waals surface area contributed by atoms with Crippen LogP contribution < -0.4 is 0 Å². The summed E-state index contributed by atoms with van der Waals surface area (Å²) in [5.74, 6) is 2.29. The molecule has 0 spiro atoms. The first-order valence-corrected chi connectivity index (χ1v) is 10.9. The SMILES string of the molecule is CC(C)CC(=O)N1C[C@@H]2CN(Cc3nc4ncccc4o3)C[C@@H]2[C@H]1c1ccccc1. The molecular weight excluding hydrogens is 376 g/mol. The van der Waals surface area contributed by atoms with Crippen molar-refractivity contribution >= 4 is 17.1 Å². The zero-order valence-electron chi connectivity index (χ0n) is 17.6. The third-order valence-electron chi connectivity index (χ3n) is 6.35. The Kier molecular flexibility index (Phi) is 5.03. The number of nitrogens with zero attached hydrogens (tertiary/aromatic N) is 4. The number of carbonyl (C=O) groups is 1. The van der Waals surface area contributed by atoms with Crippen LogP contribution in [-0.2, 0) is 11.3 Å². The number of oxazole rings is 1. The maximum absolute atomic E-state index is 13.0. The maximum atomic E-state index is 13.0. The standard InChI is InChI=1S/C24H28N4O2/c1-16(2)11-22(29)28-13-18-12-27(14-19(18)23(28)17-7-4-3-5-8-17)15-21-26-24-20(30-21)9-6-10-25-24/h3-10,16,18-19,23H,11-15H2,1-2H3/t18-,19-,23+/m0/s1. The molecule has 0 aliphatic carbocycles. The van der Waals surface area contributed by atoms with Gasteiger partial charge in [-0.1, -0.05) is 44.2 Å². The van der Waals surface area contributed by atoms with E-state index in [0.29, 0.717) is 42.3 Å². The smallest absolute Gasteiger partial charge is 0.223 e. The van der Waals surface area contributed by atoms with Crippen LogP contribution in [-0.4, -0.2) is 45.3 Å². The van der Waals surface area contributed by atoms with Crippen molar-refractivity contribution in [3.05, 3.63) is 60.1 Å². The highest BCUT2D eigenvalue weighted by molar-refractivity contribution is 5.77. The molecule has 30 heavy (non-hydrogen) atoms. The molecule has 0 N–H and O–H groups in total. The number of rotatable bonds is 5. The van der Waals surface area contributed by atoms with E-state index >= 15 is 0 Å². The van der Waals surface area contributed by atoms with Gasteiger partial charge < -0.3 is 9.32 Å². The highest BCUT2D eigenvalue weighted by Crippen LogP contribution is 2.45. The maximum Gasteiger partial charge on any atom is 0.223 e. The van der Waals surface area contributed by atoms with Crippen molar-refractivity contribution in [2.24, 2.45) is 17.8 Å². The van der Waals surface area contributed by atoms with Gasteiger partial charge in [0.2, 0.25) is 11.8 Å². The minimum absolute atomic E-state index is 0.151. The Hall–Kier alpha value is -2.73. The lowest BCUT2D eigenvalue weighted by atomic mass is 9.89. The molecular formula is C24H28N4O2. The Bertz CT molecular complexity index is 999. The van der Waals surface area contributed by atoms with Crippen LogP contribution in [0.3, 0.4) is 0 Å². The van der Waals surface area contributed by atoms with Crippen LogP contribution in [0.5, 0.6) is 0 Å². The average Bonchev–Trinajstić information content (AvgIpc) is 3.39. The van der Waals surface area contributed by atoms with Gasteiger partial charge in [0.05, 0.1) is 12.6 Å². The largest absolute Gasteiger partial charge is 0.438 e. The normalized spacial score (nSPS) is 24.1. The molecule has 2 fully saturated rings. The van der Waals surface area contributed by atoms with E-state index in [2.05, 4.69) is 57.9 Å². The van der Waals surface area contributed by atoms with Gasteiger partial charge in [0.25, 0.3) is 0 Å². The van der Waals surface area contributed by atoms with Crippen molar-refractivity contribution in [1.29, 1.82) is 0 Å². The van der Waals surface area contributed by atoms with Crippen LogP contribution in [0.4, 0.5) is 0 Å². The third-order valence-corrected chi connectivity index (χ3v) is 6.35. The summed E-state index contributed by atoms with van der Waals surface area (Å²) < 4.78 is 5.89. The third kappa shape index (κ3) is 3.60. The van der Waals surface area contributed by atoms with Crippen LogP contribution in [0.1, 0.15) is 37.8 Å². The number of aromatic nitrogens is 2. The molecule has 2 saturated heterocycles. The van der Waals surface area contributed by atoms with Crippen molar-refractivity contribution in [2.75, 3.05) is 19.6 Å². The van der Waals surface area contributed by atoms with Crippen LogP contribution >= 0.6 is 0 Å². The van der Waals surface area contributed by atoms with Crippen LogP contribution in [0.15, 0.2) is 53.1 Å². The Labute approximate surface area is 176 Å². The quantitative estimate of drug-likeness (QED) is 0.645. The fourth-order valence-electron chi connectivity index (χ4n) is 5.14. The van der Waals surface area contributed by atoms with Crippen LogP contribution in [0.25, 0.3) is 11.2 Å². The molecule has 4 heterocycles. The molecule has 2 aliphatic heterocycles. The first-order chi connectivity index (χ1) is 14.6. The van der Waals surface area contributed by atoms with Crippen LogP contribution in [0, 0.1) is 17.8 Å². The lowest BCUT2D eigenvalue weighted by Crippen LogP contribution is -2.36. The first kappa shape index (κ1) is 19.2. The lowest BCUT2D eigenvalue weighted by molar-refractivity contribution is -0.133. The molecule has 0 bridgehead atoms. The Morgan fingerprint density at radius 1 is 1.13 bits per heavy atom. The van der Waals surface area contributed by atoms with E-state index in [4.69, 9.17) is 4.42 Å². The minimum atomic E-state index is 0.151. The molecule has 156 valence electrons. The number of hydrogen-bond acceptors (Lipinski definition) is 5. The number of carbonyl (C=O) groups excluding carboxylic acids is 1. The van der Waals surface area contributed by atoms with Crippen molar-refractivity contribution in [1.82, 2.24) is 19.8 Å². The zero-order chi connectivity index (χ0) is 20.7. The number of amides is 1. The molecule has 6 heteroatoms. The van der Waals surface area contributed by atoms with Crippen LogP contribution in [0.2, 0.25) is 0 Å². The second-order valence-electron chi connectivity index (χ2n) is 9.05. The van der Waals surface area contributed by atoms with Gasteiger partial charge in [0, 0.05) is 38.2 Å². The van der Waals surface area contributed by atoms with Gasteiger partial charge in [-0.05, 0) is 29.5 Å². The number of likely N-dealkylation sites (tertiary alicyclic amines) is 2. The fraction of sp³-hybridized carbons (Fsp3) is 0.458. The van der Waals surface area contributed by atoms with Crippen molar-refractivity contribution in [3.8, 4) is 0 Å². The first-order valence-electron chi connectivity index (χ1n) is 10.9. The molecule has 1 aromatic carbocycles. The Balaban J connectivity index is 1.35. The Morgan fingerprint density at radius 2 is 1.97 bits per heavy atom. The molecule has 2 aromatic heterocycles. The zero-order valence-corrected chi connectivity index (χ0v) is 17.6. The molecule has 5 rings (SSSR count). The lowest BCUT2D eigenvalue weighted by Gasteiger charge is -2.30. The van der Waals surface area contributed by atoms with E-state index in [9.17, 15) is 4.79 Å². The summed E-state index contributed by atoms with van der Waals surface area (Å²) in [5.41, 5.74) is 2.65. The van der Waals surface area contributed by atoms with Crippen molar-refractivity contribution < 1.29 is 9.21 Å². The second-order valence-corrected chi connectivity index (χ2v) is 9.05. The minimum Gasteiger partial charge on any atom is -0.438 e. The van der Waals surface area contributed by atoms with Crippen molar-refractivity contribution in [2.45, 2.75) is 32.9 Å². The van der Waals surface area contributed by atoms with E-state index in [0.717, 1.165) is 25.2 Å². The number of pyridine rings is 1. The van der Waals surface area contributed by atoms with E-state index in [-0.39, 0.29) is 11.9 Å². The molecule has 2 aliphatic rings. The van der Waals surface area contributed by atoms with Gasteiger partial charge in [-0.3, -0.25) is 9.69 Å². The highest BCUT2D eigenvalue weighted by Gasteiger charge is 2.49. The second kappa shape index (κ2) is 7.84. The van der Waals surface area contributed by atoms with Gasteiger partial charge in [0.1, 0.15) is 0 Å².